The van der Waals surface area contributed by atoms with Crippen LogP contribution in [0.4, 0.5) is 4.79 Å². The van der Waals surface area contributed by atoms with Crippen LogP contribution in [0.25, 0.3) is 0 Å². The zero-order chi connectivity index (χ0) is 15.2. The summed E-state index contributed by atoms with van der Waals surface area (Å²) in [6.07, 6.45) is -0.404. The van der Waals surface area contributed by atoms with Gasteiger partial charge >= 0.3 is 12.0 Å². The number of nitrogens with one attached hydrogen (secondary N) is 1. The van der Waals surface area contributed by atoms with Gasteiger partial charge in [-0.2, -0.15) is 0 Å². The summed E-state index contributed by atoms with van der Waals surface area (Å²) < 4.78 is 0. The van der Waals surface area contributed by atoms with E-state index in [4.69, 9.17) is 5.11 Å². The number of amides is 2. The van der Waals surface area contributed by atoms with Gasteiger partial charge in [-0.05, 0) is 26.7 Å². The number of carboxylic acid groups (broad SMARTS) is 1. The van der Waals surface area contributed by atoms with Crippen LogP contribution in [0.1, 0.15) is 41.0 Å². The van der Waals surface area contributed by atoms with Gasteiger partial charge in [0.25, 0.3) is 0 Å². The van der Waals surface area contributed by atoms with E-state index < -0.39 is 18.0 Å². The number of hydrogen-bond donors (Lipinski definition) is 3. The molecule has 0 aliphatic heterocycles. The summed E-state index contributed by atoms with van der Waals surface area (Å²) >= 11 is 0. The molecule has 6 heteroatoms. The van der Waals surface area contributed by atoms with E-state index in [2.05, 4.69) is 5.32 Å². The monoisotopic (exact) mass is 274 g/mol. The van der Waals surface area contributed by atoms with Crippen LogP contribution in [0.15, 0.2) is 0 Å². The van der Waals surface area contributed by atoms with Crippen molar-refractivity contribution in [1.29, 1.82) is 0 Å². The molecule has 0 heterocycles. The Kier molecular flexibility index (Phi) is 6.83. The minimum Gasteiger partial charge on any atom is -0.481 e. The van der Waals surface area contributed by atoms with Crippen LogP contribution in [-0.4, -0.2) is 51.8 Å². The molecule has 0 rings (SSSR count). The zero-order valence-corrected chi connectivity index (χ0v) is 12.4. The largest absolute Gasteiger partial charge is 0.481 e. The molecule has 1 atom stereocenters. The molecule has 0 aromatic heterocycles. The molecule has 0 aromatic rings. The number of urea groups is 1. The zero-order valence-electron chi connectivity index (χ0n) is 12.4. The smallest absolute Gasteiger partial charge is 0.317 e. The van der Waals surface area contributed by atoms with Crippen LogP contribution in [0, 0.1) is 5.92 Å². The molecule has 0 spiro atoms. The van der Waals surface area contributed by atoms with Gasteiger partial charge in [0.05, 0.1) is 12.0 Å². The van der Waals surface area contributed by atoms with Gasteiger partial charge in [-0.15, -0.1) is 0 Å². The second kappa shape index (κ2) is 7.33. The first-order chi connectivity index (χ1) is 8.55. The molecule has 1 unspecified atom stereocenters. The lowest BCUT2D eigenvalue weighted by Crippen LogP contribution is -2.50. The lowest BCUT2D eigenvalue weighted by Gasteiger charge is -2.30. The van der Waals surface area contributed by atoms with Gasteiger partial charge in [0.2, 0.25) is 0 Å². The molecule has 3 N–H and O–H groups in total. The minimum atomic E-state index is -1.44. The molecule has 0 aliphatic rings. The Morgan fingerprint density at radius 3 is 2.16 bits per heavy atom. The van der Waals surface area contributed by atoms with Crippen LogP contribution >= 0.6 is 0 Å². The molecule has 0 saturated carbocycles. The van der Waals surface area contributed by atoms with E-state index in [1.807, 2.05) is 27.7 Å². The number of nitrogens with zero attached hydrogens (tertiary/aromatic N) is 1. The van der Waals surface area contributed by atoms with Gasteiger partial charge in [0.15, 0.2) is 0 Å². The standard InChI is InChI=1S/C13H26N2O4/c1-9(2)7-15(10(3)4)12(18)14-8-13(5,19)6-11(16)17/h9-10,19H,6-8H2,1-5H3,(H,14,18)(H,16,17). The molecule has 0 aromatic carbocycles. The predicted molar refractivity (Wildman–Crippen MR) is 73.0 cm³/mol. The number of carbonyl (C=O) groups is 2. The summed E-state index contributed by atoms with van der Waals surface area (Å²) in [4.78, 5) is 24.2. The lowest BCUT2D eigenvalue weighted by molar-refractivity contribution is -0.141. The van der Waals surface area contributed by atoms with E-state index >= 15 is 0 Å². The van der Waals surface area contributed by atoms with Crippen molar-refractivity contribution in [3.63, 3.8) is 0 Å². The van der Waals surface area contributed by atoms with Crippen LogP contribution in [0.5, 0.6) is 0 Å². The SMILES string of the molecule is CC(C)CN(C(=O)NCC(C)(O)CC(=O)O)C(C)C. The van der Waals surface area contributed by atoms with Crippen LogP contribution in [0.3, 0.4) is 0 Å². The van der Waals surface area contributed by atoms with E-state index in [1.165, 1.54) is 6.92 Å². The third kappa shape index (κ3) is 7.66. The molecule has 0 bridgehead atoms. The molecule has 0 saturated heterocycles. The maximum atomic E-state index is 12.0. The van der Waals surface area contributed by atoms with Crippen molar-refractivity contribution in [3.8, 4) is 0 Å². The molecule has 112 valence electrons. The van der Waals surface area contributed by atoms with Crippen molar-refractivity contribution in [2.75, 3.05) is 13.1 Å². The summed E-state index contributed by atoms with van der Waals surface area (Å²) in [6.45, 7) is 9.79. The summed E-state index contributed by atoms with van der Waals surface area (Å²) in [5.74, 6) is -0.755. The molecule has 2 amide bonds. The first-order valence-electron chi connectivity index (χ1n) is 6.54. The number of aliphatic hydroxyl groups is 1. The molecule has 6 nitrogen and oxygen atoms in total. The van der Waals surface area contributed by atoms with E-state index in [1.54, 1.807) is 4.90 Å². The number of aliphatic carboxylic acids is 1. The average molecular weight is 274 g/mol. The molecule has 0 radical (unpaired) electrons. The number of hydrogen-bond acceptors (Lipinski definition) is 3. The summed E-state index contributed by atoms with van der Waals surface area (Å²) in [5, 5.41) is 21.1. The number of carboxylic acids is 1. The van der Waals surface area contributed by atoms with Gasteiger partial charge in [0.1, 0.15) is 0 Å². The Hall–Kier alpha value is -1.30. The van der Waals surface area contributed by atoms with E-state index in [0.29, 0.717) is 12.5 Å². The Morgan fingerprint density at radius 2 is 1.79 bits per heavy atom. The van der Waals surface area contributed by atoms with Crippen molar-refractivity contribution in [1.82, 2.24) is 10.2 Å². The Morgan fingerprint density at radius 1 is 1.26 bits per heavy atom. The van der Waals surface area contributed by atoms with Crippen molar-refractivity contribution in [2.45, 2.75) is 52.7 Å². The second-order valence-corrected chi connectivity index (χ2v) is 5.87. The van der Waals surface area contributed by atoms with Crippen molar-refractivity contribution in [2.24, 2.45) is 5.92 Å². The third-order valence-corrected chi connectivity index (χ3v) is 2.60. The summed E-state index contributed by atoms with van der Waals surface area (Å²) in [5.41, 5.74) is -1.44. The Labute approximate surface area is 114 Å². The first kappa shape index (κ1) is 17.7. The number of rotatable bonds is 7. The van der Waals surface area contributed by atoms with Gasteiger partial charge in [-0.3, -0.25) is 4.79 Å². The quantitative estimate of drug-likeness (QED) is 0.652. The van der Waals surface area contributed by atoms with Crippen LogP contribution < -0.4 is 5.32 Å². The second-order valence-electron chi connectivity index (χ2n) is 5.87. The number of carbonyl (C=O) groups excluding carboxylic acids is 1. The predicted octanol–water partition coefficient (Wildman–Crippen LogP) is 1.29. The first-order valence-corrected chi connectivity index (χ1v) is 6.54. The van der Waals surface area contributed by atoms with Gasteiger partial charge in [0, 0.05) is 19.1 Å². The van der Waals surface area contributed by atoms with Crippen LogP contribution in [0.2, 0.25) is 0 Å². The lowest BCUT2D eigenvalue weighted by atomic mass is 10.0. The highest BCUT2D eigenvalue weighted by molar-refractivity contribution is 5.75. The third-order valence-electron chi connectivity index (χ3n) is 2.60. The van der Waals surface area contributed by atoms with Crippen molar-refractivity contribution in [3.05, 3.63) is 0 Å². The normalized spacial score (nSPS) is 14.3. The van der Waals surface area contributed by atoms with Gasteiger partial charge in [-0.1, -0.05) is 13.8 Å². The van der Waals surface area contributed by atoms with E-state index in [0.717, 1.165) is 0 Å². The molecule has 0 fully saturated rings. The fourth-order valence-corrected chi connectivity index (χ4v) is 1.68. The van der Waals surface area contributed by atoms with Gasteiger partial charge < -0.3 is 20.4 Å². The maximum Gasteiger partial charge on any atom is 0.317 e. The van der Waals surface area contributed by atoms with Crippen molar-refractivity contribution >= 4 is 12.0 Å². The molecule has 0 aliphatic carbocycles. The minimum absolute atomic E-state index is 0.0480. The Bertz CT molecular complexity index is 314. The van der Waals surface area contributed by atoms with Crippen molar-refractivity contribution < 1.29 is 19.8 Å². The summed E-state index contributed by atoms with van der Waals surface area (Å²) in [6, 6.07) is -0.235. The van der Waals surface area contributed by atoms with E-state index in [9.17, 15) is 14.7 Å². The fourth-order valence-electron chi connectivity index (χ4n) is 1.68. The highest BCUT2D eigenvalue weighted by Gasteiger charge is 2.26. The Balaban J connectivity index is 4.45. The fraction of sp³-hybridized carbons (Fsp3) is 0.846. The van der Waals surface area contributed by atoms with Gasteiger partial charge in [-0.25, -0.2) is 4.79 Å². The molecular formula is C13H26N2O4. The maximum absolute atomic E-state index is 12.0. The molecule has 19 heavy (non-hydrogen) atoms. The van der Waals surface area contributed by atoms with E-state index in [-0.39, 0.29) is 18.6 Å². The average Bonchev–Trinajstić information content (AvgIpc) is 2.20. The topological polar surface area (TPSA) is 89.9 Å². The van der Waals surface area contributed by atoms with Crippen LogP contribution in [-0.2, 0) is 4.79 Å². The summed E-state index contributed by atoms with van der Waals surface area (Å²) in [7, 11) is 0. The highest BCUT2D eigenvalue weighted by Crippen LogP contribution is 2.09. The molecular weight excluding hydrogens is 248 g/mol. The highest BCUT2D eigenvalue weighted by atomic mass is 16.4.